The molecule has 2 rings (SSSR count). The molecule has 2 aliphatic carbocycles. The summed E-state index contributed by atoms with van der Waals surface area (Å²) in [6.45, 7) is 2.18. The van der Waals surface area contributed by atoms with Crippen molar-refractivity contribution in [3.05, 3.63) is 0 Å². The molecule has 2 unspecified atom stereocenters. The predicted molar refractivity (Wildman–Crippen MR) is 58.8 cm³/mol. The average Bonchev–Trinajstić information content (AvgIpc) is 2.63. The van der Waals surface area contributed by atoms with Gasteiger partial charge in [0.05, 0.1) is 5.92 Å². The van der Waals surface area contributed by atoms with Crippen LogP contribution in [0.1, 0.15) is 39.0 Å². The summed E-state index contributed by atoms with van der Waals surface area (Å²) in [5.74, 6) is -0.345. The third-order valence-electron chi connectivity index (χ3n) is 3.87. The first kappa shape index (κ1) is 11.4. The van der Waals surface area contributed by atoms with Crippen LogP contribution in [0.15, 0.2) is 0 Å². The largest absolute Gasteiger partial charge is 0.481 e. The fourth-order valence-corrected chi connectivity index (χ4v) is 2.78. The van der Waals surface area contributed by atoms with E-state index >= 15 is 0 Å². The SMILES string of the molecule is CC1CC(NC(=O)C2CCC(C(=O)O)C2)C1. The Morgan fingerprint density at radius 1 is 1.12 bits per heavy atom. The van der Waals surface area contributed by atoms with Gasteiger partial charge in [-0.25, -0.2) is 0 Å². The van der Waals surface area contributed by atoms with Crippen molar-refractivity contribution in [3.8, 4) is 0 Å². The molecule has 90 valence electrons. The summed E-state index contributed by atoms with van der Waals surface area (Å²) in [4.78, 5) is 22.6. The average molecular weight is 225 g/mol. The molecule has 2 fully saturated rings. The van der Waals surface area contributed by atoms with E-state index in [4.69, 9.17) is 5.11 Å². The second-order valence-corrected chi connectivity index (χ2v) is 5.33. The van der Waals surface area contributed by atoms with Crippen LogP contribution in [0.2, 0.25) is 0 Å². The number of rotatable bonds is 3. The van der Waals surface area contributed by atoms with E-state index in [0.717, 1.165) is 25.2 Å². The summed E-state index contributed by atoms with van der Waals surface area (Å²) in [5, 5.41) is 11.9. The van der Waals surface area contributed by atoms with Crippen molar-refractivity contribution in [3.63, 3.8) is 0 Å². The third kappa shape index (κ3) is 2.36. The Morgan fingerprint density at radius 2 is 1.75 bits per heavy atom. The molecule has 0 radical (unpaired) electrons. The van der Waals surface area contributed by atoms with Crippen molar-refractivity contribution in [1.82, 2.24) is 5.32 Å². The quantitative estimate of drug-likeness (QED) is 0.763. The van der Waals surface area contributed by atoms with Crippen molar-refractivity contribution >= 4 is 11.9 Å². The van der Waals surface area contributed by atoms with Gasteiger partial charge in [-0.05, 0) is 38.0 Å². The summed E-state index contributed by atoms with van der Waals surface area (Å²) in [6.07, 6.45) is 4.03. The maximum atomic E-state index is 11.8. The number of carboxylic acid groups (broad SMARTS) is 1. The van der Waals surface area contributed by atoms with Crippen LogP contribution in [0.3, 0.4) is 0 Å². The van der Waals surface area contributed by atoms with E-state index < -0.39 is 5.97 Å². The number of carboxylic acids is 1. The molecule has 2 saturated carbocycles. The molecule has 0 spiro atoms. The Morgan fingerprint density at radius 3 is 2.25 bits per heavy atom. The number of carbonyl (C=O) groups is 2. The van der Waals surface area contributed by atoms with Crippen molar-refractivity contribution < 1.29 is 14.7 Å². The van der Waals surface area contributed by atoms with Crippen molar-refractivity contribution in [2.75, 3.05) is 0 Å². The number of hydrogen-bond donors (Lipinski definition) is 2. The molecular weight excluding hydrogens is 206 g/mol. The number of aliphatic carboxylic acids is 1. The highest BCUT2D eigenvalue weighted by atomic mass is 16.4. The summed E-state index contributed by atoms with van der Waals surface area (Å²) in [7, 11) is 0. The summed E-state index contributed by atoms with van der Waals surface area (Å²) >= 11 is 0. The van der Waals surface area contributed by atoms with Crippen LogP contribution in [0.4, 0.5) is 0 Å². The molecular formula is C12H19NO3. The highest BCUT2D eigenvalue weighted by Gasteiger charge is 2.35. The first-order valence-electron chi connectivity index (χ1n) is 6.09. The maximum Gasteiger partial charge on any atom is 0.306 e. The van der Waals surface area contributed by atoms with E-state index in [-0.39, 0.29) is 17.7 Å². The number of amides is 1. The normalized spacial score (nSPS) is 37.8. The van der Waals surface area contributed by atoms with Crippen LogP contribution in [0, 0.1) is 17.8 Å². The lowest BCUT2D eigenvalue weighted by atomic mass is 9.81. The molecule has 4 heteroatoms. The second kappa shape index (κ2) is 4.44. The monoisotopic (exact) mass is 225 g/mol. The summed E-state index contributed by atoms with van der Waals surface area (Å²) in [5.41, 5.74) is 0. The zero-order valence-electron chi connectivity index (χ0n) is 9.61. The molecule has 0 aromatic heterocycles. The van der Waals surface area contributed by atoms with E-state index in [2.05, 4.69) is 12.2 Å². The number of carbonyl (C=O) groups excluding carboxylic acids is 1. The van der Waals surface area contributed by atoms with Crippen molar-refractivity contribution in [2.45, 2.75) is 45.1 Å². The molecule has 0 heterocycles. The number of hydrogen-bond acceptors (Lipinski definition) is 2. The molecule has 0 aliphatic heterocycles. The second-order valence-electron chi connectivity index (χ2n) is 5.33. The molecule has 0 aromatic rings. The minimum atomic E-state index is -0.757. The van der Waals surface area contributed by atoms with Crippen molar-refractivity contribution in [2.24, 2.45) is 17.8 Å². The van der Waals surface area contributed by atoms with Gasteiger partial charge in [-0.2, -0.15) is 0 Å². The first-order valence-corrected chi connectivity index (χ1v) is 6.09. The van der Waals surface area contributed by atoms with Gasteiger partial charge in [0.25, 0.3) is 0 Å². The molecule has 2 aliphatic rings. The topological polar surface area (TPSA) is 66.4 Å². The molecule has 2 atom stereocenters. The molecule has 0 saturated heterocycles. The van der Waals surface area contributed by atoms with Crippen LogP contribution in [-0.2, 0) is 9.59 Å². The Balaban J connectivity index is 1.76. The van der Waals surface area contributed by atoms with E-state index in [0.29, 0.717) is 18.9 Å². The lowest BCUT2D eigenvalue weighted by Crippen LogP contribution is -2.45. The van der Waals surface area contributed by atoms with Crippen LogP contribution < -0.4 is 5.32 Å². The van der Waals surface area contributed by atoms with Gasteiger partial charge in [0.15, 0.2) is 0 Å². The van der Waals surface area contributed by atoms with Gasteiger partial charge >= 0.3 is 5.97 Å². The van der Waals surface area contributed by atoms with Gasteiger partial charge in [-0.15, -0.1) is 0 Å². The zero-order chi connectivity index (χ0) is 11.7. The van der Waals surface area contributed by atoms with Crippen LogP contribution >= 0.6 is 0 Å². The van der Waals surface area contributed by atoms with Crippen LogP contribution in [0.5, 0.6) is 0 Å². The van der Waals surface area contributed by atoms with E-state index in [1.807, 2.05) is 0 Å². The molecule has 16 heavy (non-hydrogen) atoms. The van der Waals surface area contributed by atoms with E-state index in [9.17, 15) is 9.59 Å². The number of nitrogens with one attached hydrogen (secondary N) is 1. The Bertz CT molecular complexity index is 297. The maximum absolute atomic E-state index is 11.8. The molecule has 2 N–H and O–H groups in total. The zero-order valence-corrected chi connectivity index (χ0v) is 9.61. The van der Waals surface area contributed by atoms with E-state index in [1.165, 1.54) is 0 Å². The summed E-state index contributed by atoms with van der Waals surface area (Å²) < 4.78 is 0. The van der Waals surface area contributed by atoms with Gasteiger partial charge in [0.2, 0.25) is 5.91 Å². The fourth-order valence-electron chi connectivity index (χ4n) is 2.78. The van der Waals surface area contributed by atoms with Crippen LogP contribution in [-0.4, -0.2) is 23.0 Å². The third-order valence-corrected chi connectivity index (χ3v) is 3.87. The smallest absolute Gasteiger partial charge is 0.306 e. The first-order chi connectivity index (χ1) is 7.56. The van der Waals surface area contributed by atoms with Gasteiger partial charge in [0, 0.05) is 12.0 Å². The Hall–Kier alpha value is -1.06. The molecule has 4 nitrogen and oxygen atoms in total. The highest BCUT2D eigenvalue weighted by molar-refractivity contribution is 5.81. The van der Waals surface area contributed by atoms with Gasteiger partial charge in [0.1, 0.15) is 0 Å². The lowest BCUT2D eigenvalue weighted by Gasteiger charge is -2.34. The van der Waals surface area contributed by atoms with Crippen LogP contribution in [0.25, 0.3) is 0 Å². The van der Waals surface area contributed by atoms with E-state index in [1.54, 1.807) is 0 Å². The predicted octanol–water partition coefficient (Wildman–Crippen LogP) is 1.40. The van der Waals surface area contributed by atoms with Gasteiger partial charge < -0.3 is 10.4 Å². The molecule has 1 amide bonds. The Kier molecular flexibility index (Phi) is 3.17. The van der Waals surface area contributed by atoms with Gasteiger partial charge in [-0.3, -0.25) is 9.59 Å². The standard InChI is InChI=1S/C12H19NO3/c1-7-4-10(5-7)13-11(14)8-2-3-9(6-8)12(15)16/h7-10H,2-6H2,1H3,(H,13,14)(H,15,16). The lowest BCUT2D eigenvalue weighted by molar-refractivity contribution is -0.141. The molecule has 0 aromatic carbocycles. The highest BCUT2D eigenvalue weighted by Crippen LogP contribution is 2.32. The van der Waals surface area contributed by atoms with Crippen molar-refractivity contribution in [1.29, 1.82) is 0 Å². The summed E-state index contributed by atoms with van der Waals surface area (Å²) in [6, 6.07) is 0.339. The van der Waals surface area contributed by atoms with Gasteiger partial charge in [-0.1, -0.05) is 6.92 Å². The minimum Gasteiger partial charge on any atom is -0.481 e. The fraction of sp³-hybridized carbons (Fsp3) is 0.833. The Labute approximate surface area is 95.4 Å². The minimum absolute atomic E-state index is 0.0700. The molecule has 0 bridgehead atoms.